The highest BCUT2D eigenvalue weighted by Gasteiger charge is 2.24. The zero-order chi connectivity index (χ0) is 12.9. The summed E-state index contributed by atoms with van der Waals surface area (Å²) in [6.45, 7) is 10.2. The third-order valence-electron chi connectivity index (χ3n) is 4.37. The average molecular weight is 237 g/mol. The van der Waals surface area contributed by atoms with Crippen molar-refractivity contribution in [2.24, 2.45) is 17.6 Å². The van der Waals surface area contributed by atoms with E-state index in [1.807, 2.05) is 6.92 Å². The van der Waals surface area contributed by atoms with Crippen LogP contribution < -0.4 is 5.73 Å². The van der Waals surface area contributed by atoms with Crippen LogP contribution in [0, 0.1) is 23.2 Å². The smallest absolute Gasteiger partial charge is 0.104 e. The summed E-state index contributed by atoms with van der Waals surface area (Å²) in [5.74, 6) is 1.66. The van der Waals surface area contributed by atoms with Gasteiger partial charge in [-0.2, -0.15) is 5.26 Å². The molecule has 0 amide bonds. The summed E-state index contributed by atoms with van der Waals surface area (Å²) in [4.78, 5) is 2.53. The van der Waals surface area contributed by atoms with Gasteiger partial charge in [-0.25, -0.2) is 0 Å². The Hall–Kier alpha value is -0.590. The largest absolute Gasteiger partial charge is 0.313 e. The van der Waals surface area contributed by atoms with Crippen LogP contribution in [0.5, 0.6) is 0 Å². The van der Waals surface area contributed by atoms with Crippen LogP contribution in [0.4, 0.5) is 0 Å². The van der Waals surface area contributed by atoms with E-state index in [2.05, 4.69) is 24.8 Å². The second-order valence-corrected chi connectivity index (χ2v) is 5.77. The Labute approximate surface area is 106 Å². The van der Waals surface area contributed by atoms with Crippen molar-refractivity contribution >= 4 is 0 Å². The molecule has 2 N–H and O–H groups in total. The lowest BCUT2D eigenvalue weighted by molar-refractivity contribution is 0.135. The van der Waals surface area contributed by atoms with E-state index in [9.17, 15) is 0 Å². The Morgan fingerprint density at radius 1 is 1.41 bits per heavy atom. The molecule has 0 aromatic rings. The number of rotatable bonds is 5. The molecule has 1 aliphatic rings. The minimum absolute atomic E-state index is 0.602. The maximum atomic E-state index is 9.01. The van der Waals surface area contributed by atoms with Gasteiger partial charge in [0.15, 0.2) is 0 Å². The number of nitrogens with zero attached hydrogens (tertiary/aromatic N) is 2. The van der Waals surface area contributed by atoms with Gasteiger partial charge in [0.25, 0.3) is 0 Å². The normalized spacial score (nSPS) is 29.6. The van der Waals surface area contributed by atoms with Crippen LogP contribution in [0.2, 0.25) is 0 Å². The predicted molar refractivity (Wildman–Crippen MR) is 71.4 cm³/mol. The molecular weight excluding hydrogens is 210 g/mol. The van der Waals surface area contributed by atoms with Gasteiger partial charge < -0.3 is 10.6 Å². The summed E-state index contributed by atoms with van der Waals surface area (Å²) >= 11 is 0. The minimum atomic E-state index is -0.602. The molecule has 1 aliphatic heterocycles. The molecule has 0 aliphatic carbocycles. The summed E-state index contributed by atoms with van der Waals surface area (Å²) in [5, 5.41) is 9.01. The minimum Gasteiger partial charge on any atom is -0.313 e. The molecule has 0 saturated carbocycles. The fraction of sp³-hybridized carbons (Fsp3) is 0.929. The monoisotopic (exact) mass is 237 g/mol. The lowest BCUT2D eigenvalue weighted by Crippen LogP contribution is -2.41. The Morgan fingerprint density at radius 2 is 2.12 bits per heavy atom. The molecule has 0 spiro atoms. The summed E-state index contributed by atoms with van der Waals surface area (Å²) in [5.41, 5.74) is 5.38. The van der Waals surface area contributed by atoms with E-state index >= 15 is 0 Å². The second kappa shape index (κ2) is 6.37. The predicted octanol–water partition coefficient (Wildman–Crippen LogP) is 2.38. The van der Waals surface area contributed by atoms with Crippen molar-refractivity contribution in [3.63, 3.8) is 0 Å². The highest BCUT2D eigenvalue weighted by atomic mass is 15.1. The molecule has 17 heavy (non-hydrogen) atoms. The van der Waals surface area contributed by atoms with E-state index in [-0.39, 0.29) is 0 Å². The lowest BCUT2D eigenvalue weighted by atomic mass is 9.88. The number of nitrogens with two attached hydrogens (primary N) is 1. The van der Waals surface area contributed by atoms with Crippen molar-refractivity contribution in [2.75, 3.05) is 19.6 Å². The van der Waals surface area contributed by atoms with Gasteiger partial charge in [0.2, 0.25) is 0 Å². The van der Waals surface area contributed by atoms with E-state index in [1.165, 1.54) is 19.5 Å². The first kappa shape index (κ1) is 14.5. The Bertz CT molecular complexity index is 271. The molecule has 0 aromatic carbocycles. The molecule has 0 radical (unpaired) electrons. The Morgan fingerprint density at radius 3 is 2.65 bits per heavy atom. The average Bonchev–Trinajstić information content (AvgIpc) is 2.33. The van der Waals surface area contributed by atoms with Crippen molar-refractivity contribution in [1.82, 2.24) is 4.90 Å². The molecule has 1 rings (SSSR count). The van der Waals surface area contributed by atoms with Gasteiger partial charge in [-0.15, -0.1) is 0 Å². The fourth-order valence-corrected chi connectivity index (χ4v) is 2.48. The van der Waals surface area contributed by atoms with E-state index in [0.29, 0.717) is 0 Å². The summed E-state index contributed by atoms with van der Waals surface area (Å²) in [6.07, 6.45) is 3.91. The van der Waals surface area contributed by atoms with Crippen molar-refractivity contribution in [3.8, 4) is 6.07 Å². The van der Waals surface area contributed by atoms with Crippen molar-refractivity contribution < 1.29 is 0 Å². The standard InChI is InChI=1S/C14H27N3/c1-4-14(16,11-15)7-5-8-17-9-6-12(2)13(3)10-17/h12-13H,4-10,16H2,1-3H3. The highest BCUT2D eigenvalue weighted by molar-refractivity contribution is 5.03. The van der Waals surface area contributed by atoms with E-state index in [4.69, 9.17) is 11.0 Å². The number of hydrogen-bond donors (Lipinski definition) is 1. The molecule has 1 heterocycles. The van der Waals surface area contributed by atoms with E-state index in [1.54, 1.807) is 0 Å². The molecule has 3 heteroatoms. The molecule has 98 valence electrons. The SMILES string of the molecule is CCC(N)(C#N)CCCN1CCC(C)C(C)C1. The van der Waals surface area contributed by atoms with Gasteiger partial charge >= 0.3 is 0 Å². The van der Waals surface area contributed by atoms with Crippen LogP contribution in [0.15, 0.2) is 0 Å². The fourth-order valence-electron chi connectivity index (χ4n) is 2.48. The first-order valence-electron chi connectivity index (χ1n) is 6.93. The molecule has 1 saturated heterocycles. The third-order valence-corrected chi connectivity index (χ3v) is 4.37. The Kier molecular flexibility index (Phi) is 5.42. The van der Waals surface area contributed by atoms with E-state index < -0.39 is 5.54 Å². The van der Waals surface area contributed by atoms with Gasteiger partial charge in [0.1, 0.15) is 5.54 Å². The number of hydrogen-bond acceptors (Lipinski definition) is 3. The van der Waals surface area contributed by atoms with Gasteiger partial charge in [0.05, 0.1) is 6.07 Å². The maximum Gasteiger partial charge on any atom is 0.104 e. The molecule has 3 nitrogen and oxygen atoms in total. The highest BCUT2D eigenvalue weighted by Crippen LogP contribution is 2.23. The zero-order valence-corrected chi connectivity index (χ0v) is 11.6. The molecule has 0 aromatic heterocycles. The topological polar surface area (TPSA) is 53.1 Å². The van der Waals surface area contributed by atoms with Crippen LogP contribution >= 0.6 is 0 Å². The van der Waals surface area contributed by atoms with Gasteiger partial charge in [0, 0.05) is 6.54 Å². The number of nitriles is 1. The van der Waals surface area contributed by atoms with Gasteiger partial charge in [-0.05, 0) is 50.6 Å². The quantitative estimate of drug-likeness (QED) is 0.798. The maximum absolute atomic E-state index is 9.01. The first-order chi connectivity index (χ1) is 8.00. The Balaban J connectivity index is 2.26. The molecule has 3 atom stereocenters. The van der Waals surface area contributed by atoms with Crippen LogP contribution in [-0.2, 0) is 0 Å². The molecule has 1 fully saturated rings. The third kappa shape index (κ3) is 4.29. The second-order valence-electron chi connectivity index (χ2n) is 5.77. The van der Waals surface area contributed by atoms with Crippen molar-refractivity contribution in [1.29, 1.82) is 5.26 Å². The van der Waals surface area contributed by atoms with Crippen LogP contribution in [0.1, 0.15) is 46.5 Å². The molecule has 3 unspecified atom stereocenters. The van der Waals surface area contributed by atoms with Gasteiger partial charge in [-0.1, -0.05) is 20.8 Å². The molecule has 0 bridgehead atoms. The van der Waals surface area contributed by atoms with Crippen LogP contribution in [0.25, 0.3) is 0 Å². The van der Waals surface area contributed by atoms with Crippen LogP contribution in [-0.4, -0.2) is 30.1 Å². The zero-order valence-electron chi connectivity index (χ0n) is 11.6. The number of likely N-dealkylation sites (tertiary alicyclic amines) is 1. The number of piperidine rings is 1. The van der Waals surface area contributed by atoms with Crippen molar-refractivity contribution in [2.45, 2.75) is 52.0 Å². The molecular formula is C14H27N3. The van der Waals surface area contributed by atoms with Crippen LogP contribution in [0.3, 0.4) is 0 Å². The van der Waals surface area contributed by atoms with Gasteiger partial charge in [-0.3, -0.25) is 0 Å². The summed E-state index contributed by atoms with van der Waals surface area (Å²) in [6, 6.07) is 2.24. The van der Waals surface area contributed by atoms with Crippen molar-refractivity contribution in [3.05, 3.63) is 0 Å². The first-order valence-corrected chi connectivity index (χ1v) is 6.93. The summed E-state index contributed by atoms with van der Waals surface area (Å²) < 4.78 is 0. The lowest BCUT2D eigenvalue weighted by Gasteiger charge is -2.35. The van der Waals surface area contributed by atoms with E-state index in [0.717, 1.165) is 37.6 Å². The summed E-state index contributed by atoms with van der Waals surface area (Å²) in [7, 11) is 0.